The number of rotatable bonds is 4. The number of pyridine rings is 1. The van der Waals surface area contributed by atoms with Crippen molar-refractivity contribution in [2.24, 2.45) is 5.92 Å². The van der Waals surface area contributed by atoms with Crippen LogP contribution in [0.25, 0.3) is 11.0 Å². The minimum Gasteiger partial charge on any atom is -0.356 e. The zero-order valence-corrected chi connectivity index (χ0v) is 15.5. The molecule has 3 aromatic rings. The summed E-state index contributed by atoms with van der Waals surface area (Å²) in [4.78, 5) is 21.4. The number of nitrogens with zero attached hydrogens (tertiary/aromatic N) is 5. The number of fused-ring (bicyclic) bond motifs is 1. The van der Waals surface area contributed by atoms with Crippen LogP contribution in [0, 0.1) is 5.92 Å². The van der Waals surface area contributed by atoms with Gasteiger partial charge in [0.15, 0.2) is 0 Å². The molecule has 0 unspecified atom stereocenters. The van der Waals surface area contributed by atoms with Crippen molar-refractivity contribution < 1.29 is 4.79 Å². The molecule has 0 spiro atoms. The van der Waals surface area contributed by atoms with Gasteiger partial charge in [-0.25, -0.2) is 4.98 Å². The number of hydrogen-bond donors (Lipinski definition) is 0. The number of benzene rings is 1. The summed E-state index contributed by atoms with van der Waals surface area (Å²) in [7, 11) is 1.88. The van der Waals surface area contributed by atoms with Gasteiger partial charge in [0.25, 0.3) is 0 Å². The highest BCUT2D eigenvalue weighted by Crippen LogP contribution is 2.23. The maximum Gasteiger partial charge on any atom is 0.227 e. The average Bonchev–Trinajstić information content (AvgIpc) is 3.16. The van der Waals surface area contributed by atoms with Crippen LogP contribution in [0.5, 0.6) is 0 Å². The van der Waals surface area contributed by atoms with E-state index in [4.69, 9.17) is 0 Å². The van der Waals surface area contributed by atoms with Gasteiger partial charge in [-0.3, -0.25) is 4.79 Å². The summed E-state index contributed by atoms with van der Waals surface area (Å²) in [5, 5.41) is 0. The van der Waals surface area contributed by atoms with Crippen molar-refractivity contribution in [1.82, 2.24) is 18.6 Å². The topological polar surface area (TPSA) is 62.2 Å². The Morgan fingerprint density at radius 2 is 2.15 bits per heavy atom. The van der Waals surface area contributed by atoms with Gasteiger partial charge in [-0.15, -0.1) is 0 Å². The molecule has 2 aromatic heterocycles. The molecule has 0 bridgehead atoms. The Balaban J connectivity index is 1.42. The van der Waals surface area contributed by atoms with Gasteiger partial charge < -0.3 is 9.80 Å². The third-order valence-electron chi connectivity index (χ3n) is 4.86. The summed E-state index contributed by atoms with van der Waals surface area (Å²) in [6.07, 6.45) is 3.75. The van der Waals surface area contributed by atoms with E-state index in [2.05, 4.69) is 18.6 Å². The fourth-order valence-corrected chi connectivity index (χ4v) is 4.03. The van der Waals surface area contributed by atoms with Gasteiger partial charge in [0.2, 0.25) is 5.91 Å². The molecule has 6 nitrogen and oxygen atoms in total. The molecule has 1 aliphatic heterocycles. The Labute approximate surface area is 156 Å². The Kier molecular flexibility index (Phi) is 4.79. The SMILES string of the molecule is CN(Cc1ccc2nsnc2c1)C(=O)[C@@H]1CCCN(c2ccccn2)C1. The average molecular weight is 367 g/mol. The normalized spacial score (nSPS) is 17.4. The lowest BCUT2D eigenvalue weighted by atomic mass is 9.96. The van der Waals surface area contributed by atoms with Crippen LogP contribution in [0.4, 0.5) is 5.82 Å². The summed E-state index contributed by atoms with van der Waals surface area (Å²) in [6, 6.07) is 11.9. The summed E-state index contributed by atoms with van der Waals surface area (Å²) in [5.74, 6) is 1.16. The summed E-state index contributed by atoms with van der Waals surface area (Å²) >= 11 is 1.22. The van der Waals surface area contributed by atoms with E-state index in [0.29, 0.717) is 6.54 Å². The third-order valence-corrected chi connectivity index (χ3v) is 5.41. The monoisotopic (exact) mass is 367 g/mol. The van der Waals surface area contributed by atoms with Crippen LogP contribution in [-0.4, -0.2) is 44.7 Å². The quantitative estimate of drug-likeness (QED) is 0.709. The van der Waals surface area contributed by atoms with Gasteiger partial charge in [0, 0.05) is 32.9 Å². The molecule has 1 saturated heterocycles. The zero-order chi connectivity index (χ0) is 17.9. The molecule has 0 saturated carbocycles. The number of carbonyl (C=O) groups is 1. The van der Waals surface area contributed by atoms with E-state index < -0.39 is 0 Å². The molecule has 26 heavy (non-hydrogen) atoms. The number of aromatic nitrogens is 3. The van der Waals surface area contributed by atoms with E-state index in [9.17, 15) is 4.79 Å². The predicted molar refractivity (Wildman–Crippen MR) is 103 cm³/mol. The first-order chi connectivity index (χ1) is 12.7. The molecular formula is C19H21N5OS. The second kappa shape index (κ2) is 7.37. The third kappa shape index (κ3) is 3.53. The molecule has 0 aliphatic carbocycles. The lowest BCUT2D eigenvalue weighted by molar-refractivity contribution is -0.135. The second-order valence-electron chi connectivity index (χ2n) is 6.75. The highest BCUT2D eigenvalue weighted by molar-refractivity contribution is 7.00. The van der Waals surface area contributed by atoms with E-state index in [0.717, 1.165) is 48.3 Å². The van der Waals surface area contributed by atoms with Crippen LogP contribution in [0.15, 0.2) is 42.6 Å². The maximum atomic E-state index is 12.9. The summed E-state index contributed by atoms with van der Waals surface area (Å²) in [6.45, 7) is 2.28. The summed E-state index contributed by atoms with van der Waals surface area (Å²) < 4.78 is 8.50. The van der Waals surface area contributed by atoms with Gasteiger partial charge in [0.05, 0.1) is 17.6 Å². The van der Waals surface area contributed by atoms with E-state index in [1.807, 2.05) is 48.3 Å². The van der Waals surface area contributed by atoms with Crippen LogP contribution in [0.1, 0.15) is 18.4 Å². The van der Waals surface area contributed by atoms with Gasteiger partial charge in [-0.1, -0.05) is 12.1 Å². The minimum atomic E-state index is 0.0143. The molecule has 1 fully saturated rings. The fraction of sp³-hybridized carbons (Fsp3) is 0.368. The Hall–Kier alpha value is -2.54. The van der Waals surface area contributed by atoms with Crippen molar-refractivity contribution in [3.63, 3.8) is 0 Å². The first-order valence-corrected chi connectivity index (χ1v) is 9.56. The van der Waals surface area contributed by atoms with Crippen molar-refractivity contribution in [2.75, 3.05) is 25.0 Å². The number of piperidine rings is 1. The van der Waals surface area contributed by atoms with Crippen molar-refractivity contribution in [1.29, 1.82) is 0 Å². The highest BCUT2D eigenvalue weighted by Gasteiger charge is 2.28. The fourth-order valence-electron chi connectivity index (χ4n) is 3.52. The standard InChI is InChI=1S/C19H21N5OS/c1-23(12-14-7-8-16-17(11-14)22-26-21-16)19(25)15-5-4-10-24(13-15)18-6-2-3-9-20-18/h2-3,6-9,11,15H,4-5,10,12-13H2,1H3/t15-/m1/s1. The Morgan fingerprint density at radius 3 is 3.00 bits per heavy atom. The first-order valence-electron chi connectivity index (χ1n) is 8.83. The van der Waals surface area contributed by atoms with Crippen LogP contribution in [0.3, 0.4) is 0 Å². The number of carbonyl (C=O) groups excluding carboxylic acids is 1. The molecular weight excluding hydrogens is 346 g/mol. The highest BCUT2D eigenvalue weighted by atomic mass is 32.1. The van der Waals surface area contributed by atoms with Crippen LogP contribution in [-0.2, 0) is 11.3 Å². The predicted octanol–water partition coefficient (Wildman–Crippen LogP) is 2.96. The number of amides is 1. The van der Waals surface area contributed by atoms with E-state index >= 15 is 0 Å². The largest absolute Gasteiger partial charge is 0.356 e. The molecule has 1 atom stereocenters. The maximum absolute atomic E-state index is 12.9. The smallest absolute Gasteiger partial charge is 0.227 e. The second-order valence-corrected chi connectivity index (χ2v) is 7.28. The molecule has 1 aliphatic rings. The van der Waals surface area contributed by atoms with Gasteiger partial charge in [-0.05, 0) is 42.7 Å². The van der Waals surface area contributed by atoms with E-state index in [1.54, 1.807) is 6.20 Å². The lowest BCUT2D eigenvalue weighted by Crippen LogP contribution is -2.43. The summed E-state index contributed by atoms with van der Waals surface area (Å²) in [5.41, 5.74) is 2.89. The molecule has 4 rings (SSSR count). The molecule has 1 aromatic carbocycles. The molecule has 7 heteroatoms. The number of anilines is 1. The van der Waals surface area contributed by atoms with Crippen molar-refractivity contribution in [2.45, 2.75) is 19.4 Å². The van der Waals surface area contributed by atoms with Gasteiger partial charge in [0.1, 0.15) is 16.9 Å². The molecule has 0 radical (unpaired) electrons. The Bertz CT molecular complexity index is 897. The van der Waals surface area contributed by atoms with Crippen LogP contribution in [0.2, 0.25) is 0 Å². The minimum absolute atomic E-state index is 0.0143. The lowest BCUT2D eigenvalue weighted by Gasteiger charge is -2.34. The van der Waals surface area contributed by atoms with Crippen molar-refractivity contribution in [3.05, 3.63) is 48.2 Å². The molecule has 134 valence electrons. The van der Waals surface area contributed by atoms with E-state index in [-0.39, 0.29) is 11.8 Å². The van der Waals surface area contributed by atoms with Crippen LogP contribution < -0.4 is 4.90 Å². The Morgan fingerprint density at radius 1 is 1.27 bits per heavy atom. The van der Waals surface area contributed by atoms with E-state index in [1.165, 1.54) is 11.7 Å². The first kappa shape index (κ1) is 16.9. The molecule has 1 amide bonds. The van der Waals surface area contributed by atoms with Gasteiger partial charge >= 0.3 is 0 Å². The van der Waals surface area contributed by atoms with Gasteiger partial charge in [-0.2, -0.15) is 8.75 Å². The number of hydrogen-bond acceptors (Lipinski definition) is 6. The zero-order valence-electron chi connectivity index (χ0n) is 14.7. The molecule has 3 heterocycles. The van der Waals surface area contributed by atoms with Crippen molar-refractivity contribution in [3.8, 4) is 0 Å². The molecule has 0 N–H and O–H groups in total. The van der Waals surface area contributed by atoms with Crippen molar-refractivity contribution >= 4 is 34.5 Å². The van der Waals surface area contributed by atoms with Crippen LogP contribution >= 0.6 is 11.7 Å².